The van der Waals surface area contributed by atoms with Gasteiger partial charge in [-0.2, -0.15) is 0 Å². The fourth-order valence-corrected chi connectivity index (χ4v) is 1.34. The molecule has 2 N–H and O–H groups in total. The maximum Gasteiger partial charge on any atom is 0.208 e. The van der Waals surface area contributed by atoms with Crippen molar-refractivity contribution in [2.75, 3.05) is 7.11 Å². The molecule has 4 nitrogen and oxygen atoms in total. The number of aliphatic hydroxyl groups is 1. The zero-order valence-corrected chi connectivity index (χ0v) is 6.58. The Hall–Kier alpha value is -0.610. The van der Waals surface area contributed by atoms with Crippen molar-refractivity contribution in [2.45, 2.75) is 31.5 Å². The van der Waals surface area contributed by atoms with Gasteiger partial charge in [-0.3, -0.25) is 0 Å². The maximum atomic E-state index is 9.63. The first kappa shape index (κ1) is 8.49. The highest BCUT2D eigenvalue weighted by Crippen LogP contribution is 2.26. The molecule has 0 radical (unpaired) electrons. The highest BCUT2D eigenvalue weighted by atomic mass is 16.6. The highest BCUT2D eigenvalue weighted by molar-refractivity contribution is 5.91. The van der Waals surface area contributed by atoms with Gasteiger partial charge in [0.15, 0.2) is 0 Å². The summed E-state index contributed by atoms with van der Waals surface area (Å²) < 4.78 is 4.85. The van der Waals surface area contributed by atoms with Gasteiger partial charge in [-0.25, -0.2) is 0 Å². The normalized spacial score (nSPS) is 36.0. The summed E-state index contributed by atoms with van der Waals surface area (Å²) in [4.78, 5) is 0. The summed E-state index contributed by atoms with van der Waals surface area (Å²) in [6.07, 6.45) is 2.98. The van der Waals surface area contributed by atoms with Crippen LogP contribution in [0.15, 0.2) is 5.16 Å². The summed E-state index contributed by atoms with van der Waals surface area (Å²) >= 11 is 0. The lowest BCUT2D eigenvalue weighted by atomic mass is 9.92. The summed E-state index contributed by atoms with van der Waals surface area (Å²) in [5.74, 6) is -1.31. The van der Waals surface area contributed by atoms with Crippen molar-refractivity contribution in [1.82, 2.24) is 0 Å². The van der Waals surface area contributed by atoms with Crippen LogP contribution >= 0.6 is 0 Å². The van der Waals surface area contributed by atoms with Crippen LogP contribution in [-0.4, -0.2) is 28.9 Å². The van der Waals surface area contributed by atoms with Crippen LogP contribution in [0.25, 0.3) is 0 Å². The Morgan fingerprint density at radius 1 is 1.55 bits per heavy atom. The van der Waals surface area contributed by atoms with E-state index < -0.39 is 5.79 Å². The molecule has 1 atom stereocenters. The zero-order chi connectivity index (χ0) is 8.32. The molecule has 1 fully saturated rings. The minimum atomic E-state index is -1.31. The molecule has 0 aromatic carbocycles. The fraction of sp³-hybridized carbons (Fsp3) is 0.857. The summed E-state index contributed by atoms with van der Waals surface area (Å²) in [5.41, 5.74) is 0.339. The van der Waals surface area contributed by atoms with E-state index in [9.17, 15) is 5.11 Å². The third-order valence-corrected chi connectivity index (χ3v) is 2.09. The van der Waals surface area contributed by atoms with Crippen LogP contribution in [0.1, 0.15) is 25.7 Å². The third kappa shape index (κ3) is 1.52. The predicted molar refractivity (Wildman–Crippen MR) is 39.6 cm³/mol. The molecule has 64 valence electrons. The number of hydrogen-bond acceptors (Lipinski definition) is 4. The standard InChI is InChI=1S/C7H13NO3/c1-11-7(9)5-3-2-4-6(7)8-10/h9-10H,2-5H2,1H3/b8-6-. The van der Waals surface area contributed by atoms with Gasteiger partial charge in [-0.05, 0) is 19.3 Å². The van der Waals surface area contributed by atoms with Crippen LogP contribution in [0.5, 0.6) is 0 Å². The van der Waals surface area contributed by atoms with Gasteiger partial charge in [0.05, 0.1) is 0 Å². The molecule has 1 unspecified atom stereocenters. The average molecular weight is 159 g/mol. The first-order chi connectivity index (χ1) is 5.23. The van der Waals surface area contributed by atoms with E-state index in [1.807, 2.05) is 0 Å². The maximum absolute atomic E-state index is 9.63. The van der Waals surface area contributed by atoms with Crippen molar-refractivity contribution in [1.29, 1.82) is 0 Å². The van der Waals surface area contributed by atoms with Crippen LogP contribution in [0.4, 0.5) is 0 Å². The van der Waals surface area contributed by atoms with Gasteiger partial charge < -0.3 is 15.1 Å². The van der Waals surface area contributed by atoms with Gasteiger partial charge >= 0.3 is 0 Å². The monoisotopic (exact) mass is 159 g/mol. The molecule has 11 heavy (non-hydrogen) atoms. The first-order valence-electron chi connectivity index (χ1n) is 3.72. The van der Waals surface area contributed by atoms with Crippen molar-refractivity contribution in [2.24, 2.45) is 5.16 Å². The van der Waals surface area contributed by atoms with Crippen molar-refractivity contribution in [3.05, 3.63) is 0 Å². The first-order valence-corrected chi connectivity index (χ1v) is 3.72. The Balaban J connectivity index is 2.74. The fourth-order valence-electron chi connectivity index (χ4n) is 1.34. The molecule has 1 rings (SSSR count). The Bertz CT molecular complexity index is 169. The molecular weight excluding hydrogens is 146 g/mol. The smallest absolute Gasteiger partial charge is 0.208 e. The molecule has 0 bridgehead atoms. The van der Waals surface area contributed by atoms with Crippen LogP contribution in [0.2, 0.25) is 0 Å². The molecule has 0 aromatic heterocycles. The Morgan fingerprint density at radius 2 is 2.27 bits per heavy atom. The van der Waals surface area contributed by atoms with Crippen LogP contribution in [0.3, 0.4) is 0 Å². The lowest BCUT2D eigenvalue weighted by molar-refractivity contribution is -0.140. The Labute approximate surface area is 65.5 Å². The molecule has 4 heteroatoms. The molecule has 0 spiro atoms. The SMILES string of the molecule is COC1(O)CCCC/C1=N/O. The van der Waals surface area contributed by atoms with E-state index >= 15 is 0 Å². The number of ether oxygens (including phenoxy) is 1. The van der Waals surface area contributed by atoms with Gasteiger partial charge in [0, 0.05) is 13.5 Å². The van der Waals surface area contributed by atoms with E-state index in [1.165, 1.54) is 7.11 Å². The molecule has 1 aliphatic carbocycles. The van der Waals surface area contributed by atoms with Crippen molar-refractivity contribution in [3.8, 4) is 0 Å². The molecule has 0 heterocycles. The summed E-state index contributed by atoms with van der Waals surface area (Å²) in [6.45, 7) is 0. The second kappa shape index (κ2) is 3.19. The lowest BCUT2D eigenvalue weighted by Crippen LogP contribution is -2.43. The minimum Gasteiger partial charge on any atom is -0.411 e. The van der Waals surface area contributed by atoms with E-state index in [-0.39, 0.29) is 0 Å². The van der Waals surface area contributed by atoms with E-state index in [1.54, 1.807) is 0 Å². The predicted octanol–water partition coefficient (Wildman–Crippen LogP) is 0.726. The zero-order valence-electron chi connectivity index (χ0n) is 6.58. The summed E-state index contributed by atoms with van der Waals surface area (Å²) in [6, 6.07) is 0. The Morgan fingerprint density at radius 3 is 2.73 bits per heavy atom. The number of oxime groups is 1. The molecule has 1 saturated carbocycles. The molecule has 1 aliphatic rings. The second-order valence-electron chi connectivity index (χ2n) is 2.74. The van der Waals surface area contributed by atoms with Gasteiger partial charge in [-0.15, -0.1) is 0 Å². The third-order valence-electron chi connectivity index (χ3n) is 2.09. The van der Waals surface area contributed by atoms with Gasteiger partial charge in [0.1, 0.15) is 5.71 Å². The van der Waals surface area contributed by atoms with E-state index in [2.05, 4.69) is 5.16 Å². The number of nitrogens with zero attached hydrogens (tertiary/aromatic N) is 1. The molecular formula is C7H13NO3. The number of methoxy groups -OCH3 is 1. The highest BCUT2D eigenvalue weighted by Gasteiger charge is 2.36. The van der Waals surface area contributed by atoms with Crippen molar-refractivity contribution < 1.29 is 15.1 Å². The average Bonchev–Trinajstić information content (AvgIpc) is 2.05. The topological polar surface area (TPSA) is 62.0 Å². The van der Waals surface area contributed by atoms with Crippen molar-refractivity contribution in [3.63, 3.8) is 0 Å². The van der Waals surface area contributed by atoms with E-state index in [4.69, 9.17) is 9.94 Å². The number of hydrogen-bond donors (Lipinski definition) is 2. The number of rotatable bonds is 1. The van der Waals surface area contributed by atoms with Gasteiger partial charge in [0.25, 0.3) is 0 Å². The molecule has 0 aliphatic heterocycles. The van der Waals surface area contributed by atoms with E-state index in [0.717, 1.165) is 12.8 Å². The molecule has 0 saturated heterocycles. The summed E-state index contributed by atoms with van der Waals surface area (Å²) in [5, 5.41) is 21.1. The largest absolute Gasteiger partial charge is 0.411 e. The minimum absolute atomic E-state index is 0.339. The van der Waals surface area contributed by atoms with Crippen LogP contribution < -0.4 is 0 Å². The van der Waals surface area contributed by atoms with Gasteiger partial charge in [0.2, 0.25) is 5.79 Å². The van der Waals surface area contributed by atoms with Crippen molar-refractivity contribution >= 4 is 5.71 Å². The van der Waals surface area contributed by atoms with Crippen LogP contribution in [0, 0.1) is 0 Å². The van der Waals surface area contributed by atoms with Gasteiger partial charge in [-0.1, -0.05) is 5.16 Å². The quantitative estimate of drug-likeness (QED) is 0.337. The Kier molecular flexibility index (Phi) is 2.46. The van der Waals surface area contributed by atoms with E-state index in [0.29, 0.717) is 18.6 Å². The lowest BCUT2D eigenvalue weighted by Gasteiger charge is -2.30. The summed E-state index contributed by atoms with van der Waals surface area (Å²) in [7, 11) is 1.41. The molecule has 0 amide bonds. The van der Waals surface area contributed by atoms with Crippen LogP contribution in [-0.2, 0) is 4.74 Å². The molecule has 0 aromatic rings. The second-order valence-corrected chi connectivity index (χ2v) is 2.74.